The molecule has 8 heteroatoms. The molecule has 0 radical (unpaired) electrons. The van der Waals surface area contributed by atoms with Crippen molar-refractivity contribution in [3.05, 3.63) is 48.0 Å². The van der Waals surface area contributed by atoms with Crippen LogP contribution in [0.2, 0.25) is 0 Å². The van der Waals surface area contributed by atoms with Crippen molar-refractivity contribution < 1.29 is 32.5 Å². The first-order valence-electron chi connectivity index (χ1n) is 8.07. The van der Waals surface area contributed by atoms with E-state index in [4.69, 9.17) is 14.2 Å². The lowest BCUT2D eigenvalue weighted by Gasteiger charge is -2.18. The van der Waals surface area contributed by atoms with Crippen LogP contribution < -0.4 is 24.3 Å². The molecule has 2 aromatic rings. The van der Waals surface area contributed by atoms with Crippen molar-refractivity contribution in [2.75, 3.05) is 25.6 Å². The van der Waals surface area contributed by atoms with Crippen LogP contribution in [0, 0.1) is 0 Å². The lowest BCUT2D eigenvalue weighted by molar-refractivity contribution is -0.111. The normalized spacial score (nSPS) is 12.9. The van der Waals surface area contributed by atoms with Crippen LogP contribution in [0.4, 0.5) is 14.5 Å². The highest BCUT2D eigenvalue weighted by Gasteiger charge is 2.13. The van der Waals surface area contributed by atoms with Crippen molar-refractivity contribution in [2.24, 2.45) is 0 Å². The van der Waals surface area contributed by atoms with Gasteiger partial charge in [-0.2, -0.15) is 8.78 Å². The molecule has 0 aromatic heterocycles. The lowest BCUT2D eigenvalue weighted by atomic mass is 10.2. The van der Waals surface area contributed by atoms with Crippen LogP contribution in [-0.4, -0.2) is 32.8 Å². The number of halogens is 2. The number of amides is 1. The van der Waals surface area contributed by atoms with Gasteiger partial charge in [-0.25, -0.2) is 0 Å². The van der Waals surface area contributed by atoms with Crippen LogP contribution in [0.25, 0.3) is 6.08 Å². The zero-order valence-electron chi connectivity index (χ0n) is 14.4. The molecule has 0 atom stereocenters. The van der Waals surface area contributed by atoms with E-state index in [2.05, 4.69) is 10.1 Å². The van der Waals surface area contributed by atoms with Gasteiger partial charge in [0.05, 0.1) is 7.11 Å². The Morgan fingerprint density at radius 3 is 2.63 bits per heavy atom. The fraction of sp³-hybridized carbons (Fsp3) is 0.211. The van der Waals surface area contributed by atoms with Crippen LogP contribution in [0.1, 0.15) is 5.56 Å². The smallest absolute Gasteiger partial charge is 0.387 e. The molecule has 6 nitrogen and oxygen atoms in total. The minimum absolute atomic E-state index is 0.0784. The molecule has 0 bridgehead atoms. The molecule has 3 rings (SSSR count). The highest BCUT2D eigenvalue weighted by atomic mass is 19.3. The monoisotopic (exact) mass is 377 g/mol. The third-order valence-corrected chi connectivity index (χ3v) is 3.64. The zero-order valence-corrected chi connectivity index (χ0v) is 14.4. The Hall–Kier alpha value is -3.29. The van der Waals surface area contributed by atoms with Gasteiger partial charge in [0.1, 0.15) is 13.2 Å². The third kappa shape index (κ3) is 4.87. The minimum atomic E-state index is -2.95. The van der Waals surface area contributed by atoms with E-state index in [1.165, 1.54) is 37.5 Å². The number of nitrogens with one attached hydrogen (secondary N) is 1. The number of hydrogen-bond acceptors (Lipinski definition) is 5. The molecule has 1 aliphatic heterocycles. The van der Waals surface area contributed by atoms with E-state index in [9.17, 15) is 13.6 Å². The topological polar surface area (TPSA) is 66.0 Å². The number of benzene rings is 2. The van der Waals surface area contributed by atoms with E-state index in [0.717, 1.165) is 0 Å². The summed E-state index contributed by atoms with van der Waals surface area (Å²) in [6.45, 7) is -2.00. The fourth-order valence-electron chi connectivity index (χ4n) is 2.46. The van der Waals surface area contributed by atoms with Gasteiger partial charge in [0.15, 0.2) is 23.0 Å². The van der Waals surface area contributed by atoms with Gasteiger partial charge in [-0.3, -0.25) is 4.79 Å². The number of carbonyl (C=O) groups is 1. The molecule has 1 aliphatic rings. The average Bonchev–Trinajstić information content (AvgIpc) is 2.66. The summed E-state index contributed by atoms with van der Waals surface area (Å²) in [5.41, 5.74) is 1.15. The third-order valence-electron chi connectivity index (χ3n) is 3.64. The van der Waals surface area contributed by atoms with Gasteiger partial charge in [-0.05, 0) is 35.9 Å². The molecule has 1 heterocycles. The first-order chi connectivity index (χ1) is 13.0. The molecule has 1 N–H and O–H groups in total. The maximum atomic E-state index is 12.3. The van der Waals surface area contributed by atoms with E-state index in [1.54, 1.807) is 18.2 Å². The standard InChI is InChI=1S/C19H17F2NO5/c1-24-16-10-12(2-5-15(16)27-19(20)21)3-7-18(23)22-13-4-6-14-17(11-13)26-9-8-25-14/h2-7,10-11,19H,8-9H2,1H3,(H,22,23)/b7-3+. The molecule has 0 fully saturated rings. The fourth-order valence-corrected chi connectivity index (χ4v) is 2.46. The molecule has 1 amide bonds. The Balaban J connectivity index is 1.66. The Bertz CT molecular complexity index is 854. The highest BCUT2D eigenvalue weighted by molar-refractivity contribution is 6.02. The molecule has 142 valence electrons. The number of ether oxygens (including phenoxy) is 4. The van der Waals surface area contributed by atoms with Crippen molar-refractivity contribution in [1.82, 2.24) is 0 Å². The predicted octanol–water partition coefficient (Wildman–Crippen LogP) is 3.72. The van der Waals surface area contributed by atoms with Gasteiger partial charge >= 0.3 is 6.61 Å². The van der Waals surface area contributed by atoms with Gasteiger partial charge < -0.3 is 24.3 Å². The van der Waals surface area contributed by atoms with Crippen molar-refractivity contribution in [1.29, 1.82) is 0 Å². The van der Waals surface area contributed by atoms with Gasteiger partial charge in [0.25, 0.3) is 0 Å². The number of carbonyl (C=O) groups excluding carboxylic acids is 1. The second-order valence-corrected chi connectivity index (χ2v) is 5.47. The van der Waals surface area contributed by atoms with Crippen LogP contribution >= 0.6 is 0 Å². The largest absolute Gasteiger partial charge is 0.493 e. The minimum Gasteiger partial charge on any atom is -0.493 e. The van der Waals surface area contributed by atoms with Gasteiger partial charge in [-0.1, -0.05) is 6.07 Å². The van der Waals surface area contributed by atoms with Gasteiger partial charge in [0.2, 0.25) is 5.91 Å². The van der Waals surface area contributed by atoms with Gasteiger partial charge in [0, 0.05) is 17.8 Å². The van der Waals surface area contributed by atoms with E-state index in [0.29, 0.717) is 36.0 Å². The second-order valence-electron chi connectivity index (χ2n) is 5.47. The Kier molecular flexibility index (Phi) is 5.75. The summed E-state index contributed by atoms with van der Waals surface area (Å²) in [7, 11) is 1.34. The average molecular weight is 377 g/mol. The van der Waals surface area contributed by atoms with E-state index in [-0.39, 0.29) is 17.4 Å². The van der Waals surface area contributed by atoms with Crippen molar-refractivity contribution in [3.63, 3.8) is 0 Å². The Labute approximate surface area is 154 Å². The molecule has 0 saturated heterocycles. The van der Waals surface area contributed by atoms with Crippen LogP contribution in [0.3, 0.4) is 0 Å². The summed E-state index contributed by atoms with van der Waals surface area (Å²) in [4.78, 5) is 12.1. The number of hydrogen-bond donors (Lipinski definition) is 1. The molecule has 0 saturated carbocycles. The Morgan fingerprint density at radius 2 is 1.89 bits per heavy atom. The van der Waals surface area contributed by atoms with Crippen molar-refractivity contribution >= 4 is 17.7 Å². The van der Waals surface area contributed by atoms with Gasteiger partial charge in [-0.15, -0.1) is 0 Å². The van der Waals surface area contributed by atoms with E-state index < -0.39 is 6.61 Å². The van der Waals surface area contributed by atoms with Crippen LogP contribution in [0.5, 0.6) is 23.0 Å². The number of fused-ring (bicyclic) bond motifs is 1. The van der Waals surface area contributed by atoms with Crippen LogP contribution in [-0.2, 0) is 4.79 Å². The van der Waals surface area contributed by atoms with Crippen LogP contribution in [0.15, 0.2) is 42.5 Å². The summed E-state index contributed by atoms with van der Waals surface area (Å²) < 4.78 is 45.0. The molecule has 0 aliphatic carbocycles. The van der Waals surface area contributed by atoms with Crippen molar-refractivity contribution in [2.45, 2.75) is 6.61 Å². The molecule has 0 spiro atoms. The van der Waals surface area contributed by atoms with E-state index in [1.807, 2.05) is 0 Å². The summed E-state index contributed by atoms with van der Waals surface area (Å²) in [6, 6.07) is 9.49. The summed E-state index contributed by atoms with van der Waals surface area (Å²) in [5, 5.41) is 2.71. The number of anilines is 1. The highest BCUT2D eigenvalue weighted by Crippen LogP contribution is 2.33. The summed E-state index contributed by atoms with van der Waals surface area (Å²) in [6.07, 6.45) is 2.85. The van der Waals surface area contributed by atoms with E-state index >= 15 is 0 Å². The zero-order chi connectivity index (χ0) is 19.2. The SMILES string of the molecule is COc1cc(/C=C/C(=O)Nc2ccc3c(c2)OCCO3)ccc1OC(F)F. The molecular weight excluding hydrogens is 360 g/mol. The Morgan fingerprint density at radius 1 is 1.11 bits per heavy atom. The summed E-state index contributed by atoms with van der Waals surface area (Å²) in [5.74, 6) is 0.906. The maximum Gasteiger partial charge on any atom is 0.387 e. The molecule has 2 aromatic carbocycles. The second kappa shape index (κ2) is 8.39. The first-order valence-corrected chi connectivity index (χ1v) is 8.07. The lowest BCUT2D eigenvalue weighted by Crippen LogP contribution is -2.16. The van der Waals surface area contributed by atoms with Crippen molar-refractivity contribution in [3.8, 4) is 23.0 Å². The molecule has 27 heavy (non-hydrogen) atoms. The number of alkyl halides is 2. The molecule has 0 unspecified atom stereocenters. The predicted molar refractivity (Wildman–Crippen MR) is 94.7 cm³/mol. The number of rotatable bonds is 6. The quantitative estimate of drug-likeness (QED) is 0.778. The maximum absolute atomic E-state index is 12.3. The summed E-state index contributed by atoms with van der Waals surface area (Å²) >= 11 is 0. The molecular formula is C19H17F2NO5. The first kappa shape index (κ1) is 18.5. The number of methoxy groups -OCH3 is 1.